The van der Waals surface area contributed by atoms with Crippen LogP contribution in [0, 0.1) is 12.1 Å². The van der Waals surface area contributed by atoms with Crippen LogP contribution >= 0.6 is 0 Å². The van der Waals surface area contributed by atoms with E-state index in [2.05, 4.69) is 5.32 Å². The third-order valence-electron chi connectivity index (χ3n) is 5.21. The summed E-state index contributed by atoms with van der Waals surface area (Å²) in [5, 5.41) is 15.2. The number of nitrogens with zero attached hydrogens (tertiary/aromatic N) is 3. The minimum atomic E-state index is -3.35. The van der Waals surface area contributed by atoms with Gasteiger partial charge in [0.25, 0.3) is 12.2 Å². The van der Waals surface area contributed by atoms with Crippen LogP contribution in [-0.4, -0.2) is 31.7 Å². The number of aromatic nitrogens is 2. The zero-order valence-corrected chi connectivity index (χ0v) is 17.5. The summed E-state index contributed by atoms with van der Waals surface area (Å²) < 4.78 is 27.7. The molecule has 156 valence electrons. The Balaban J connectivity index is 1.69. The van der Waals surface area contributed by atoms with Crippen molar-refractivity contribution in [3.8, 4) is 5.69 Å². The normalized spacial score (nSPS) is 13.7. The number of aryl methyl sites for hydroxylation is 1. The van der Waals surface area contributed by atoms with Gasteiger partial charge in [-0.2, -0.15) is 4.57 Å². The first-order valence-electron chi connectivity index (χ1n) is 9.54. The van der Waals surface area contributed by atoms with E-state index in [4.69, 9.17) is 0 Å². The molecule has 0 bridgehead atoms. The molecule has 2 heterocycles. The van der Waals surface area contributed by atoms with E-state index in [1.165, 1.54) is 16.9 Å². The molecule has 2 aromatic carbocycles. The Morgan fingerprint density at radius 3 is 2.60 bits per heavy atom. The smallest absolute Gasteiger partial charge is 0.300 e. The predicted molar refractivity (Wildman–Crippen MR) is 114 cm³/mol. The number of imidazole rings is 1. The fourth-order valence-corrected chi connectivity index (χ4v) is 4.80. The highest BCUT2D eigenvalue weighted by Gasteiger charge is 2.27. The third kappa shape index (κ3) is 3.63. The molecular formula is C21H22N4O4S. The second-order valence-corrected chi connectivity index (χ2v) is 9.22. The van der Waals surface area contributed by atoms with Crippen molar-refractivity contribution >= 4 is 27.3 Å². The van der Waals surface area contributed by atoms with E-state index in [-0.39, 0.29) is 5.69 Å². The van der Waals surface area contributed by atoms with E-state index in [1.807, 2.05) is 12.1 Å². The SMILES string of the molecule is Cc1c(C(=O)Nc2ccccc2)[n+]([O-])cn1-c1ccc2c(c1)CCCN2S(C)(=O)=O. The molecule has 1 amide bonds. The maximum Gasteiger partial charge on any atom is 0.300 e. The van der Waals surface area contributed by atoms with Crippen molar-refractivity contribution in [2.45, 2.75) is 19.8 Å². The summed E-state index contributed by atoms with van der Waals surface area (Å²) >= 11 is 0. The number of anilines is 2. The number of carbonyl (C=O) groups excluding carboxylic acids is 1. The number of amides is 1. The van der Waals surface area contributed by atoms with Crippen molar-refractivity contribution in [1.82, 2.24) is 4.57 Å². The molecule has 0 saturated carbocycles. The molecule has 0 saturated heterocycles. The summed E-state index contributed by atoms with van der Waals surface area (Å²) in [5.74, 6) is -0.492. The fourth-order valence-electron chi connectivity index (χ4n) is 3.80. The number of para-hydroxylation sites is 1. The second kappa shape index (κ2) is 7.49. The lowest BCUT2D eigenvalue weighted by atomic mass is 10.0. The molecule has 0 spiro atoms. The van der Waals surface area contributed by atoms with Gasteiger partial charge in [-0.25, -0.2) is 13.1 Å². The zero-order chi connectivity index (χ0) is 21.5. The van der Waals surface area contributed by atoms with Crippen LogP contribution in [0.25, 0.3) is 5.69 Å². The van der Waals surface area contributed by atoms with Crippen LogP contribution in [0.5, 0.6) is 0 Å². The summed E-state index contributed by atoms with van der Waals surface area (Å²) in [5.41, 5.74) is 3.36. The van der Waals surface area contributed by atoms with Gasteiger partial charge >= 0.3 is 0 Å². The summed E-state index contributed by atoms with van der Waals surface area (Å²) in [7, 11) is -3.35. The van der Waals surface area contributed by atoms with Crippen LogP contribution in [0.2, 0.25) is 0 Å². The molecule has 9 heteroatoms. The van der Waals surface area contributed by atoms with Crippen molar-refractivity contribution < 1.29 is 17.9 Å². The predicted octanol–water partition coefficient (Wildman–Crippen LogP) is 2.38. The van der Waals surface area contributed by atoms with Crippen molar-refractivity contribution in [2.24, 2.45) is 0 Å². The van der Waals surface area contributed by atoms with Gasteiger partial charge in [-0.05, 0) is 48.7 Å². The minimum absolute atomic E-state index is 0.00864. The summed E-state index contributed by atoms with van der Waals surface area (Å²) in [6, 6.07) is 14.3. The number of benzene rings is 2. The molecule has 4 rings (SSSR count). The number of hydrogen-bond acceptors (Lipinski definition) is 4. The molecule has 1 aromatic heterocycles. The van der Waals surface area contributed by atoms with Crippen LogP contribution in [-0.2, 0) is 16.4 Å². The van der Waals surface area contributed by atoms with Crippen molar-refractivity contribution in [2.75, 3.05) is 22.4 Å². The third-order valence-corrected chi connectivity index (χ3v) is 6.39. The first-order chi connectivity index (χ1) is 14.3. The second-order valence-electron chi connectivity index (χ2n) is 7.32. The van der Waals surface area contributed by atoms with Crippen molar-refractivity contribution in [3.63, 3.8) is 0 Å². The summed E-state index contributed by atoms with van der Waals surface area (Å²) in [4.78, 5) is 12.7. The quantitative estimate of drug-likeness (QED) is 0.512. The molecule has 1 aliphatic heterocycles. The number of nitrogens with one attached hydrogen (secondary N) is 1. The van der Waals surface area contributed by atoms with E-state index in [0.29, 0.717) is 34.0 Å². The molecule has 8 nitrogen and oxygen atoms in total. The molecule has 0 radical (unpaired) electrons. The van der Waals surface area contributed by atoms with E-state index in [1.54, 1.807) is 47.9 Å². The number of carbonyl (C=O) groups is 1. The van der Waals surface area contributed by atoms with Crippen LogP contribution in [0.15, 0.2) is 54.9 Å². The average Bonchev–Trinajstić information content (AvgIpc) is 3.01. The van der Waals surface area contributed by atoms with Gasteiger partial charge in [0.05, 0.1) is 11.9 Å². The maximum atomic E-state index is 12.7. The van der Waals surface area contributed by atoms with Crippen LogP contribution in [0.1, 0.15) is 28.2 Å². The Kier molecular flexibility index (Phi) is 4.98. The van der Waals surface area contributed by atoms with Gasteiger partial charge in [-0.3, -0.25) is 9.10 Å². The summed E-state index contributed by atoms with van der Waals surface area (Å²) in [6.45, 7) is 2.16. The van der Waals surface area contributed by atoms with Gasteiger partial charge < -0.3 is 10.5 Å². The lowest BCUT2D eigenvalue weighted by molar-refractivity contribution is -0.606. The Morgan fingerprint density at radius 2 is 1.90 bits per heavy atom. The molecular weight excluding hydrogens is 404 g/mol. The van der Waals surface area contributed by atoms with Gasteiger partial charge in [-0.15, -0.1) is 0 Å². The first kappa shape index (κ1) is 20.0. The Bertz CT molecular complexity index is 1220. The highest BCUT2D eigenvalue weighted by atomic mass is 32.2. The van der Waals surface area contributed by atoms with E-state index in [9.17, 15) is 18.4 Å². The van der Waals surface area contributed by atoms with E-state index >= 15 is 0 Å². The molecule has 0 unspecified atom stereocenters. The largest absolute Gasteiger partial charge is 0.710 e. The highest BCUT2D eigenvalue weighted by molar-refractivity contribution is 7.92. The van der Waals surface area contributed by atoms with E-state index in [0.717, 1.165) is 18.4 Å². The fraction of sp³-hybridized carbons (Fsp3) is 0.238. The number of sulfonamides is 1. The van der Waals surface area contributed by atoms with Gasteiger partial charge in [-0.1, -0.05) is 18.2 Å². The molecule has 0 fully saturated rings. The van der Waals surface area contributed by atoms with E-state index < -0.39 is 15.9 Å². The standard InChI is InChI=1S/C21H22N4O4S/c1-15-20(21(26)22-17-8-4-3-5-9-17)24(27)14-23(15)18-10-11-19-16(13-18)7-6-12-25(19)30(2,28)29/h3-5,8-11,13-14H,6-7,12H2,1-2H3,(H,22,26). The minimum Gasteiger partial charge on any atom is -0.710 e. The number of rotatable bonds is 4. The van der Waals surface area contributed by atoms with Gasteiger partial charge in [0.15, 0.2) is 5.69 Å². The first-order valence-corrected chi connectivity index (χ1v) is 11.4. The monoisotopic (exact) mass is 426 g/mol. The maximum absolute atomic E-state index is 12.7. The molecule has 1 N–H and O–H groups in total. The topological polar surface area (TPSA) is 98.3 Å². The molecule has 1 aliphatic rings. The lowest BCUT2D eigenvalue weighted by Crippen LogP contribution is -2.34. The molecule has 0 atom stereocenters. The lowest BCUT2D eigenvalue weighted by Gasteiger charge is -2.29. The van der Waals surface area contributed by atoms with Crippen molar-refractivity contribution in [3.05, 3.63) is 77.0 Å². The number of fused-ring (bicyclic) bond motifs is 1. The number of hydrogen-bond donors (Lipinski definition) is 1. The van der Waals surface area contributed by atoms with Crippen molar-refractivity contribution in [1.29, 1.82) is 0 Å². The molecule has 30 heavy (non-hydrogen) atoms. The average molecular weight is 426 g/mol. The van der Waals surface area contributed by atoms with Gasteiger partial charge in [0, 0.05) is 19.2 Å². The Hall–Kier alpha value is -3.33. The highest BCUT2D eigenvalue weighted by Crippen LogP contribution is 2.31. The van der Waals surface area contributed by atoms with Crippen LogP contribution < -0.4 is 14.4 Å². The zero-order valence-electron chi connectivity index (χ0n) is 16.7. The Labute approximate surface area is 175 Å². The van der Waals surface area contributed by atoms with Gasteiger partial charge in [0.2, 0.25) is 15.7 Å². The van der Waals surface area contributed by atoms with Crippen LogP contribution in [0.3, 0.4) is 0 Å². The van der Waals surface area contributed by atoms with Gasteiger partial charge in [0.1, 0.15) is 5.69 Å². The molecule has 3 aromatic rings. The summed E-state index contributed by atoms with van der Waals surface area (Å²) in [6.07, 6.45) is 3.98. The molecule has 0 aliphatic carbocycles. The van der Waals surface area contributed by atoms with Crippen LogP contribution in [0.4, 0.5) is 11.4 Å². The Morgan fingerprint density at radius 1 is 1.17 bits per heavy atom.